The third kappa shape index (κ3) is 3.40. The van der Waals surface area contributed by atoms with Crippen LogP contribution in [-0.2, 0) is 6.42 Å². The average Bonchev–Trinajstić information content (AvgIpc) is 2.47. The van der Waals surface area contributed by atoms with E-state index in [1.54, 1.807) is 6.07 Å². The Bertz CT molecular complexity index is 288. The molecule has 1 aromatic heterocycles. The fourth-order valence-corrected chi connectivity index (χ4v) is 1.08. The summed E-state index contributed by atoms with van der Waals surface area (Å²) in [4.78, 5) is 0. The van der Waals surface area contributed by atoms with Gasteiger partial charge in [0.2, 0.25) is 0 Å². The Morgan fingerprint density at radius 2 is 2.07 bits per heavy atom. The highest BCUT2D eigenvalue weighted by Gasteiger charge is 2.26. The number of aromatic nitrogens is 2. The van der Waals surface area contributed by atoms with Gasteiger partial charge in [-0.1, -0.05) is 13.8 Å². The van der Waals surface area contributed by atoms with Crippen LogP contribution in [0.1, 0.15) is 37.6 Å². The lowest BCUT2D eigenvalue weighted by atomic mass is 10.1. The van der Waals surface area contributed by atoms with E-state index in [-0.39, 0.29) is 12.3 Å². The summed E-state index contributed by atoms with van der Waals surface area (Å²) >= 11 is 0. The smallest absolute Gasteiger partial charge is 0.282 e. The number of hydrogen-bond acceptors (Lipinski definition) is 1. The van der Waals surface area contributed by atoms with Gasteiger partial charge in [0.05, 0.1) is 5.69 Å². The molecule has 0 aromatic carbocycles. The van der Waals surface area contributed by atoms with Crippen molar-refractivity contribution < 1.29 is 13.2 Å². The molecule has 0 aliphatic rings. The predicted molar refractivity (Wildman–Crippen MR) is 47.1 cm³/mol. The first kappa shape index (κ1) is 11.1. The summed E-state index contributed by atoms with van der Waals surface area (Å²) < 4.78 is 35.6. The first-order chi connectivity index (χ1) is 6.38. The Hall–Kier alpha value is -1.00. The third-order valence-electron chi connectivity index (χ3n) is 1.92. The molecule has 0 aliphatic carbocycles. The minimum Gasteiger partial charge on any atom is -0.282 e. The third-order valence-corrected chi connectivity index (χ3v) is 1.92. The van der Waals surface area contributed by atoms with Crippen molar-refractivity contribution >= 4 is 0 Å². The van der Waals surface area contributed by atoms with Crippen molar-refractivity contribution in [3.05, 3.63) is 17.5 Å². The quantitative estimate of drug-likeness (QED) is 0.809. The number of halogens is 3. The van der Waals surface area contributed by atoms with Crippen LogP contribution >= 0.6 is 0 Å². The lowest BCUT2D eigenvalue weighted by molar-refractivity contribution is -0.134. The first-order valence-corrected chi connectivity index (χ1v) is 4.49. The molecular formula is C9H13F3N2. The number of aryl methyl sites for hydroxylation is 1. The fourth-order valence-electron chi connectivity index (χ4n) is 1.08. The highest BCUT2D eigenvalue weighted by atomic mass is 19.4. The van der Waals surface area contributed by atoms with E-state index in [9.17, 15) is 13.2 Å². The van der Waals surface area contributed by atoms with Gasteiger partial charge in [0.25, 0.3) is 0 Å². The largest absolute Gasteiger partial charge is 0.389 e. The highest BCUT2D eigenvalue weighted by Crippen LogP contribution is 2.22. The maximum Gasteiger partial charge on any atom is 0.389 e. The SMILES string of the molecule is CC(C)c1cc(CCC(F)(F)F)[nH]n1. The van der Waals surface area contributed by atoms with E-state index in [1.165, 1.54) is 0 Å². The molecule has 0 atom stereocenters. The molecule has 14 heavy (non-hydrogen) atoms. The summed E-state index contributed by atoms with van der Waals surface area (Å²) in [6.45, 7) is 3.90. The van der Waals surface area contributed by atoms with E-state index in [0.717, 1.165) is 5.69 Å². The van der Waals surface area contributed by atoms with Gasteiger partial charge in [-0.3, -0.25) is 5.10 Å². The van der Waals surface area contributed by atoms with Crippen molar-refractivity contribution in [2.45, 2.75) is 38.8 Å². The molecule has 0 spiro atoms. The van der Waals surface area contributed by atoms with E-state index in [4.69, 9.17) is 0 Å². The molecule has 2 nitrogen and oxygen atoms in total. The van der Waals surface area contributed by atoms with Crippen LogP contribution in [0.5, 0.6) is 0 Å². The topological polar surface area (TPSA) is 28.7 Å². The molecule has 0 saturated carbocycles. The molecule has 1 N–H and O–H groups in total. The number of aromatic amines is 1. The number of hydrogen-bond donors (Lipinski definition) is 1. The van der Waals surface area contributed by atoms with Gasteiger partial charge in [-0.05, 0) is 18.4 Å². The van der Waals surface area contributed by atoms with Gasteiger partial charge >= 0.3 is 6.18 Å². The molecule has 1 rings (SSSR count). The number of nitrogens with one attached hydrogen (secondary N) is 1. The molecule has 80 valence electrons. The van der Waals surface area contributed by atoms with Crippen molar-refractivity contribution in [2.24, 2.45) is 0 Å². The van der Waals surface area contributed by atoms with Crippen molar-refractivity contribution in [1.29, 1.82) is 0 Å². The van der Waals surface area contributed by atoms with Gasteiger partial charge in [0, 0.05) is 12.1 Å². The Balaban J connectivity index is 2.52. The Morgan fingerprint density at radius 1 is 1.43 bits per heavy atom. The van der Waals surface area contributed by atoms with E-state index < -0.39 is 12.6 Å². The molecule has 0 fully saturated rings. The summed E-state index contributed by atoms with van der Waals surface area (Å²) in [6, 6.07) is 1.69. The number of H-pyrrole nitrogens is 1. The normalized spacial score (nSPS) is 12.4. The molecule has 0 aliphatic heterocycles. The average molecular weight is 206 g/mol. The van der Waals surface area contributed by atoms with Crippen LogP contribution in [0.2, 0.25) is 0 Å². The number of alkyl halides is 3. The molecule has 0 amide bonds. The van der Waals surface area contributed by atoms with Gasteiger partial charge in [0.1, 0.15) is 0 Å². The molecule has 1 aromatic rings. The zero-order valence-electron chi connectivity index (χ0n) is 8.15. The Morgan fingerprint density at radius 3 is 2.50 bits per heavy atom. The summed E-state index contributed by atoms with van der Waals surface area (Å²) in [5.41, 5.74) is 1.35. The van der Waals surface area contributed by atoms with E-state index in [1.807, 2.05) is 13.8 Å². The maximum absolute atomic E-state index is 11.9. The van der Waals surface area contributed by atoms with Crippen molar-refractivity contribution in [3.63, 3.8) is 0 Å². The minimum absolute atomic E-state index is 0.0246. The van der Waals surface area contributed by atoms with E-state index in [2.05, 4.69) is 10.2 Å². The minimum atomic E-state index is -4.09. The van der Waals surface area contributed by atoms with Crippen molar-refractivity contribution in [1.82, 2.24) is 10.2 Å². The lowest BCUT2D eigenvalue weighted by Gasteiger charge is -2.03. The molecule has 0 bridgehead atoms. The molecule has 0 unspecified atom stereocenters. The van der Waals surface area contributed by atoms with E-state index in [0.29, 0.717) is 5.69 Å². The Kier molecular flexibility index (Phi) is 3.18. The predicted octanol–water partition coefficient (Wildman–Crippen LogP) is 3.03. The lowest BCUT2D eigenvalue weighted by Crippen LogP contribution is -2.08. The number of nitrogens with zero attached hydrogens (tertiary/aromatic N) is 1. The molecule has 5 heteroatoms. The van der Waals surface area contributed by atoms with E-state index >= 15 is 0 Å². The fraction of sp³-hybridized carbons (Fsp3) is 0.667. The van der Waals surface area contributed by atoms with Gasteiger partial charge in [0.15, 0.2) is 0 Å². The molecule has 0 saturated heterocycles. The summed E-state index contributed by atoms with van der Waals surface area (Å²) in [5, 5.41) is 6.53. The van der Waals surface area contributed by atoms with Crippen LogP contribution in [0.4, 0.5) is 13.2 Å². The zero-order valence-corrected chi connectivity index (χ0v) is 8.15. The van der Waals surface area contributed by atoms with Crippen LogP contribution in [0.3, 0.4) is 0 Å². The van der Waals surface area contributed by atoms with Crippen LogP contribution in [0.15, 0.2) is 6.07 Å². The van der Waals surface area contributed by atoms with Crippen LogP contribution < -0.4 is 0 Å². The van der Waals surface area contributed by atoms with Crippen molar-refractivity contribution in [3.8, 4) is 0 Å². The van der Waals surface area contributed by atoms with Crippen LogP contribution in [0, 0.1) is 0 Å². The summed E-state index contributed by atoms with van der Waals surface area (Å²) in [6.07, 6.45) is -4.92. The Labute approximate surface area is 80.5 Å². The van der Waals surface area contributed by atoms with Crippen LogP contribution in [0.25, 0.3) is 0 Å². The molecule has 1 heterocycles. The summed E-state index contributed by atoms with van der Waals surface area (Å²) in [5.74, 6) is 0.242. The summed E-state index contributed by atoms with van der Waals surface area (Å²) in [7, 11) is 0. The zero-order chi connectivity index (χ0) is 10.8. The van der Waals surface area contributed by atoms with Crippen molar-refractivity contribution in [2.75, 3.05) is 0 Å². The second kappa shape index (κ2) is 4.02. The van der Waals surface area contributed by atoms with Crippen LogP contribution in [-0.4, -0.2) is 16.4 Å². The molecular weight excluding hydrogens is 193 g/mol. The monoisotopic (exact) mass is 206 g/mol. The van der Waals surface area contributed by atoms with Gasteiger partial charge in [-0.25, -0.2) is 0 Å². The standard InChI is InChI=1S/C9H13F3N2/c1-6(2)8-5-7(13-14-8)3-4-9(10,11)12/h5-6H,3-4H2,1-2H3,(H,13,14). The first-order valence-electron chi connectivity index (χ1n) is 4.49. The second-order valence-electron chi connectivity index (χ2n) is 3.59. The second-order valence-corrected chi connectivity index (χ2v) is 3.59. The van der Waals surface area contributed by atoms with Gasteiger partial charge in [-0.15, -0.1) is 0 Å². The number of rotatable bonds is 3. The maximum atomic E-state index is 11.9. The van der Waals surface area contributed by atoms with Gasteiger partial charge < -0.3 is 0 Å². The van der Waals surface area contributed by atoms with Gasteiger partial charge in [-0.2, -0.15) is 18.3 Å². The highest BCUT2D eigenvalue weighted by molar-refractivity contribution is 5.11. The molecule has 0 radical (unpaired) electrons.